The molecule has 0 heterocycles. The highest BCUT2D eigenvalue weighted by atomic mass is 16.5. The topological polar surface area (TPSA) is 46.6 Å². The lowest BCUT2D eigenvalue weighted by Gasteiger charge is -2.21. The zero-order chi connectivity index (χ0) is 20.6. The number of hydrogen-bond acceptors (Lipinski definition) is 3. The Balaban J connectivity index is 1.52. The molecule has 3 aromatic carbocycles. The monoisotopic (exact) mass is 387 g/mol. The van der Waals surface area contributed by atoms with E-state index >= 15 is 0 Å². The fourth-order valence-corrected chi connectivity index (χ4v) is 3.15. The second kappa shape index (κ2) is 9.69. The number of benzene rings is 3. The third-order valence-electron chi connectivity index (χ3n) is 4.70. The molecular formula is C25H25NO3. The molecule has 1 atom stereocenters. The minimum absolute atomic E-state index is 0.134. The highest BCUT2D eigenvalue weighted by Crippen LogP contribution is 2.19. The molecule has 4 nitrogen and oxygen atoms in total. The van der Waals surface area contributed by atoms with Gasteiger partial charge in [0, 0.05) is 13.6 Å². The van der Waals surface area contributed by atoms with Crippen molar-refractivity contribution in [1.29, 1.82) is 0 Å². The molecular weight excluding hydrogens is 362 g/mol. The van der Waals surface area contributed by atoms with E-state index < -0.39 is 12.1 Å². The summed E-state index contributed by atoms with van der Waals surface area (Å²) in [5.41, 5.74) is 4.10. The highest BCUT2D eigenvalue weighted by Gasteiger charge is 2.21. The van der Waals surface area contributed by atoms with Crippen LogP contribution in [0.3, 0.4) is 0 Å². The molecule has 0 aliphatic heterocycles. The highest BCUT2D eigenvalue weighted by molar-refractivity contribution is 5.83. The van der Waals surface area contributed by atoms with E-state index in [-0.39, 0.29) is 12.3 Å². The number of likely N-dealkylation sites (N-methyl/N-ethyl adjacent to an activating group) is 1. The summed E-state index contributed by atoms with van der Waals surface area (Å²) in [5, 5.41) is 0. The van der Waals surface area contributed by atoms with Gasteiger partial charge in [0.1, 0.15) is 0 Å². The van der Waals surface area contributed by atoms with Gasteiger partial charge in [-0.3, -0.25) is 9.59 Å². The molecule has 0 aromatic heterocycles. The van der Waals surface area contributed by atoms with E-state index in [1.165, 1.54) is 0 Å². The first-order chi connectivity index (χ1) is 14.0. The van der Waals surface area contributed by atoms with Gasteiger partial charge in [0.25, 0.3) is 5.91 Å². The summed E-state index contributed by atoms with van der Waals surface area (Å²) >= 11 is 0. The van der Waals surface area contributed by atoms with Crippen molar-refractivity contribution in [1.82, 2.24) is 4.90 Å². The number of carbonyl (C=O) groups is 2. The number of nitrogens with zero attached hydrogens (tertiary/aromatic N) is 1. The molecule has 0 saturated heterocycles. The maximum Gasteiger partial charge on any atom is 0.311 e. The summed E-state index contributed by atoms with van der Waals surface area (Å²) < 4.78 is 5.36. The Morgan fingerprint density at radius 2 is 1.34 bits per heavy atom. The molecule has 0 unspecified atom stereocenters. The van der Waals surface area contributed by atoms with Gasteiger partial charge in [0.05, 0.1) is 6.42 Å². The first kappa shape index (κ1) is 20.3. The molecule has 3 aromatic rings. The minimum atomic E-state index is -0.820. The van der Waals surface area contributed by atoms with Crippen LogP contribution in [0.1, 0.15) is 18.1 Å². The number of esters is 1. The van der Waals surface area contributed by atoms with E-state index in [1.54, 1.807) is 18.9 Å². The predicted molar refractivity (Wildman–Crippen MR) is 114 cm³/mol. The average Bonchev–Trinajstić information content (AvgIpc) is 2.75. The Labute approximate surface area is 171 Å². The van der Waals surface area contributed by atoms with E-state index in [0.29, 0.717) is 6.54 Å². The maximum absolute atomic E-state index is 12.5. The number of hydrogen-bond donors (Lipinski definition) is 0. The first-order valence-electron chi connectivity index (χ1n) is 9.65. The Morgan fingerprint density at radius 1 is 0.793 bits per heavy atom. The molecule has 4 heteroatoms. The maximum atomic E-state index is 12.5. The minimum Gasteiger partial charge on any atom is -0.452 e. The number of ether oxygens (including phenoxy) is 1. The Hall–Kier alpha value is -3.40. The molecule has 3 rings (SSSR count). The van der Waals surface area contributed by atoms with Crippen LogP contribution in [0.4, 0.5) is 0 Å². The van der Waals surface area contributed by atoms with Crippen LogP contribution in [0.15, 0.2) is 84.9 Å². The molecule has 0 N–H and O–H groups in total. The largest absolute Gasteiger partial charge is 0.452 e. The lowest BCUT2D eigenvalue weighted by Crippen LogP contribution is -2.37. The fourth-order valence-electron chi connectivity index (χ4n) is 3.15. The molecule has 29 heavy (non-hydrogen) atoms. The lowest BCUT2D eigenvalue weighted by molar-refractivity contribution is -0.158. The molecule has 1 amide bonds. The number of amides is 1. The van der Waals surface area contributed by atoms with Crippen molar-refractivity contribution in [3.63, 3.8) is 0 Å². The Morgan fingerprint density at radius 3 is 1.97 bits per heavy atom. The molecule has 0 aliphatic rings. The van der Waals surface area contributed by atoms with Crippen molar-refractivity contribution in [2.45, 2.75) is 26.0 Å². The van der Waals surface area contributed by atoms with Crippen molar-refractivity contribution in [2.75, 3.05) is 7.05 Å². The van der Waals surface area contributed by atoms with E-state index in [9.17, 15) is 9.59 Å². The van der Waals surface area contributed by atoms with E-state index in [4.69, 9.17) is 4.74 Å². The van der Waals surface area contributed by atoms with Crippen LogP contribution in [0.25, 0.3) is 11.1 Å². The summed E-state index contributed by atoms with van der Waals surface area (Å²) in [7, 11) is 1.71. The van der Waals surface area contributed by atoms with Crippen molar-refractivity contribution >= 4 is 11.9 Å². The van der Waals surface area contributed by atoms with Gasteiger partial charge in [-0.2, -0.15) is 0 Å². The summed E-state index contributed by atoms with van der Waals surface area (Å²) in [4.78, 5) is 26.3. The van der Waals surface area contributed by atoms with Crippen LogP contribution in [0.5, 0.6) is 0 Å². The normalized spacial score (nSPS) is 11.5. The molecule has 0 saturated carbocycles. The van der Waals surface area contributed by atoms with Crippen LogP contribution in [-0.2, 0) is 27.3 Å². The second-order valence-electron chi connectivity index (χ2n) is 7.05. The summed E-state index contributed by atoms with van der Waals surface area (Å²) in [6, 6.07) is 27.6. The van der Waals surface area contributed by atoms with Crippen molar-refractivity contribution in [3.05, 3.63) is 96.1 Å². The number of rotatable bonds is 7. The molecule has 0 radical (unpaired) electrons. The lowest BCUT2D eigenvalue weighted by atomic mass is 10.0. The average molecular weight is 387 g/mol. The van der Waals surface area contributed by atoms with Gasteiger partial charge in [-0.25, -0.2) is 0 Å². The Kier molecular flexibility index (Phi) is 6.80. The van der Waals surface area contributed by atoms with Gasteiger partial charge in [-0.05, 0) is 29.2 Å². The first-order valence-corrected chi connectivity index (χ1v) is 9.65. The van der Waals surface area contributed by atoms with Crippen LogP contribution in [0, 0.1) is 0 Å². The second-order valence-corrected chi connectivity index (χ2v) is 7.05. The van der Waals surface area contributed by atoms with Crippen molar-refractivity contribution < 1.29 is 14.3 Å². The summed E-state index contributed by atoms with van der Waals surface area (Å²) in [6.45, 7) is 2.09. The quantitative estimate of drug-likeness (QED) is 0.561. The third-order valence-corrected chi connectivity index (χ3v) is 4.70. The number of carbonyl (C=O) groups excluding carboxylic acids is 2. The zero-order valence-electron chi connectivity index (χ0n) is 16.7. The van der Waals surface area contributed by atoms with Gasteiger partial charge in [0.15, 0.2) is 6.10 Å². The fraction of sp³-hybridized carbons (Fsp3) is 0.200. The van der Waals surface area contributed by atoms with Gasteiger partial charge < -0.3 is 9.64 Å². The van der Waals surface area contributed by atoms with E-state index in [1.807, 2.05) is 84.9 Å². The summed E-state index contributed by atoms with van der Waals surface area (Å²) in [6.07, 6.45) is -0.686. The van der Waals surface area contributed by atoms with Crippen LogP contribution < -0.4 is 0 Å². The van der Waals surface area contributed by atoms with Gasteiger partial charge in [0.2, 0.25) is 0 Å². The van der Waals surface area contributed by atoms with Gasteiger partial charge >= 0.3 is 5.97 Å². The van der Waals surface area contributed by atoms with Crippen LogP contribution in [-0.4, -0.2) is 29.9 Å². The van der Waals surface area contributed by atoms with Crippen LogP contribution >= 0.6 is 0 Å². The van der Waals surface area contributed by atoms with Crippen LogP contribution in [0.2, 0.25) is 0 Å². The van der Waals surface area contributed by atoms with E-state index in [2.05, 4.69) is 0 Å². The molecule has 0 bridgehead atoms. The zero-order valence-corrected chi connectivity index (χ0v) is 16.7. The predicted octanol–water partition coefficient (Wildman–Crippen LogP) is 4.49. The van der Waals surface area contributed by atoms with Gasteiger partial charge in [-0.1, -0.05) is 84.9 Å². The molecule has 148 valence electrons. The van der Waals surface area contributed by atoms with Crippen molar-refractivity contribution in [3.8, 4) is 11.1 Å². The third kappa shape index (κ3) is 5.79. The van der Waals surface area contributed by atoms with E-state index in [0.717, 1.165) is 22.3 Å². The van der Waals surface area contributed by atoms with Crippen molar-refractivity contribution in [2.24, 2.45) is 0 Å². The molecule has 0 aliphatic carbocycles. The smallest absolute Gasteiger partial charge is 0.311 e. The van der Waals surface area contributed by atoms with Gasteiger partial charge in [-0.15, -0.1) is 0 Å². The Bertz CT molecular complexity index is 937. The SMILES string of the molecule is C[C@@H](OC(=O)Cc1ccc(-c2ccccc2)cc1)C(=O)N(C)Cc1ccccc1. The standard InChI is InChI=1S/C25H25NO3/c1-19(25(28)26(2)18-21-9-5-3-6-10-21)29-24(27)17-20-13-15-23(16-14-20)22-11-7-4-8-12-22/h3-16,19H,17-18H2,1-2H3/t19-/m1/s1. The molecule has 0 spiro atoms. The molecule has 0 fully saturated rings. The summed E-state index contributed by atoms with van der Waals surface area (Å²) in [5.74, 6) is -0.631.